The Labute approximate surface area is 491 Å². The lowest BCUT2D eigenvalue weighted by atomic mass is 9.95. The van der Waals surface area contributed by atoms with E-state index in [1.165, 1.54) is 66.1 Å². The first-order valence-electron chi connectivity index (χ1n) is 27.8. The number of hydrogen-bond acceptors (Lipinski definition) is 6. The summed E-state index contributed by atoms with van der Waals surface area (Å²) in [5.41, 5.74) is 21.5. The standard InChI is InChI=1S/C37H26N6.C36H24N2.CH4BP/c1-25-42-36(33-17-29(26-7-4-11-38-22-26)15-30(18-33)27-8-5-12-39-23-27)21-37(43-25)34-19-31(28-9-6-13-40-24-28)16-32(20-34)35-10-2-3-14-41-35;1-5-13-33-29(9-1)30-10-2-6-14-34(30)37(33)27-21-17-25(18-22-27)26-19-23-28(24-20-26)38-35-15-7-3-11-31(35)32-12-4-8-16-36(32)38;2-1-3/h2-24H,1H3;1-24H;1,3H2. The van der Waals surface area contributed by atoms with Crippen LogP contribution in [0.25, 0.3) is 133 Å². The highest BCUT2D eigenvalue weighted by atomic mass is 31.0. The molecule has 15 rings (SSSR count). The van der Waals surface area contributed by atoms with Gasteiger partial charge in [0.1, 0.15) is 5.82 Å². The largest absolute Gasteiger partial charge is 0.309 e. The van der Waals surface area contributed by atoms with Gasteiger partial charge in [-0.1, -0.05) is 127 Å². The number of nitrogens with zero attached hydrogens (tertiary/aromatic N) is 8. The molecular weight excluding hydrogens is 1040 g/mol. The van der Waals surface area contributed by atoms with Crippen LogP contribution >= 0.6 is 9.24 Å². The normalized spacial score (nSPS) is 11.1. The number of fused-ring (bicyclic) bond motifs is 6. The molecular formula is C74H54BN8P. The lowest BCUT2D eigenvalue weighted by Crippen LogP contribution is -1.96. The molecule has 7 heterocycles. The van der Waals surface area contributed by atoms with Crippen molar-refractivity contribution < 1.29 is 0 Å². The van der Waals surface area contributed by atoms with Gasteiger partial charge in [0.2, 0.25) is 0 Å². The number of benzene rings is 8. The van der Waals surface area contributed by atoms with Crippen LogP contribution in [0.15, 0.2) is 286 Å². The minimum absolute atomic E-state index is 0.667. The van der Waals surface area contributed by atoms with Crippen LogP contribution in [0.1, 0.15) is 5.82 Å². The first-order valence-corrected chi connectivity index (χ1v) is 28.7. The van der Waals surface area contributed by atoms with E-state index in [2.05, 4.69) is 245 Å². The van der Waals surface area contributed by atoms with Crippen LogP contribution in [0, 0.1) is 6.92 Å². The lowest BCUT2D eigenvalue weighted by molar-refractivity contribution is 1.06. The summed E-state index contributed by atoms with van der Waals surface area (Å²) in [6, 6.07) is 86.1. The molecule has 1 unspecified atom stereocenters. The monoisotopic (exact) mass is 1100 g/mol. The highest BCUT2D eigenvalue weighted by Gasteiger charge is 2.17. The lowest BCUT2D eigenvalue weighted by Gasteiger charge is -2.13. The zero-order chi connectivity index (χ0) is 56.8. The van der Waals surface area contributed by atoms with Crippen molar-refractivity contribution in [2.45, 2.75) is 6.92 Å². The second-order valence-electron chi connectivity index (χ2n) is 20.3. The van der Waals surface area contributed by atoms with Crippen LogP contribution in [0.4, 0.5) is 0 Å². The predicted molar refractivity (Wildman–Crippen MR) is 351 cm³/mol. The van der Waals surface area contributed by atoms with Gasteiger partial charge in [-0.25, -0.2) is 9.97 Å². The fourth-order valence-corrected chi connectivity index (χ4v) is 11.2. The number of hydrogen-bond donors (Lipinski definition) is 0. The number of aromatic nitrogens is 8. The fourth-order valence-electron chi connectivity index (χ4n) is 11.2. The second-order valence-corrected chi connectivity index (χ2v) is 20.8. The van der Waals surface area contributed by atoms with Crippen molar-refractivity contribution in [2.24, 2.45) is 0 Å². The quantitative estimate of drug-likeness (QED) is 0.106. The molecule has 1 atom stereocenters. The van der Waals surface area contributed by atoms with Crippen LogP contribution in [-0.4, -0.2) is 52.9 Å². The molecule has 8 nitrogen and oxygen atoms in total. The van der Waals surface area contributed by atoms with Crippen LogP contribution in [0.2, 0.25) is 0 Å². The summed E-state index contributed by atoms with van der Waals surface area (Å²) in [6.45, 7) is 1.94. The van der Waals surface area contributed by atoms with E-state index < -0.39 is 0 Å². The summed E-state index contributed by atoms with van der Waals surface area (Å²) in [4.78, 5) is 27.5. The zero-order valence-corrected chi connectivity index (χ0v) is 47.2. The Balaban J connectivity index is 0.000000151. The van der Waals surface area contributed by atoms with Crippen LogP contribution < -0.4 is 0 Å². The predicted octanol–water partition coefficient (Wildman–Crippen LogP) is 17.9. The molecule has 84 heavy (non-hydrogen) atoms. The van der Waals surface area contributed by atoms with Gasteiger partial charge in [-0.15, -0.1) is 9.24 Å². The van der Waals surface area contributed by atoms with Crippen molar-refractivity contribution in [2.75, 3.05) is 6.06 Å². The summed E-state index contributed by atoms with van der Waals surface area (Å²) < 4.78 is 4.72. The maximum absolute atomic E-state index is 4.90. The second kappa shape index (κ2) is 23.9. The fraction of sp³-hybridized carbons (Fsp3) is 0.0270. The molecule has 0 aliphatic rings. The maximum Gasteiger partial charge on any atom is 0.126 e. The number of pyridine rings is 4. The van der Waals surface area contributed by atoms with Crippen molar-refractivity contribution in [3.63, 3.8) is 0 Å². The van der Waals surface area contributed by atoms with Crippen molar-refractivity contribution >= 4 is 60.7 Å². The summed E-state index contributed by atoms with van der Waals surface area (Å²) in [6.07, 6.45) is 12.8. The molecule has 0 N–H and O–H groups in total. The van der Waals surface area contributed by atoms with Crippen molar-refractivity contribution in [3.05, 3.63) is 292 Å². The van der Waals surface area contributed by atoms with E-state index in [0.717, 1.165) is 67.2 Å². The molecule has 2 radical (unpaired) electrons. The molecule has 7 aromatic heterocycles. The van der Waals surface area contributed by atoms with Gasteiger partial charge in [0, 0.05) is 110 Å². The van der Waals surface area contributed by atoms with E-state index in [1.807, 2.05) is 68.1 Å². The van der Waals surface area contributed by atoms with E-state index in [1.54, 1.807) is 18.6 Å². The Bertz CT molecular complexity index is 4240. The van der Waals surface area contributed by atoms with Crippen molar-refractivity contribution in [3.8, 4) is 89.7 Å². The molecule has 0 aliphatic carbocycles. The molecule has 0 amide bonds. The van der Waals surface area contributed by atoms with Crippen molar-refractivity contribution in [1.29, 1.82) is 0 Å². The molecule has 398 valence electrons. The van der Waals surface area contributed by atoms with Gasteiger partial charge in [-0.3, -0.25) is 19.9 Å². The van der Waals surface area contributed by atoms with Gasteiger partial charge in [-0.2, -0.15) is 0 Å². The maximum atomic E-state index is 4.90. The van der Waals surface area contributed by atoms with E-state index in [-0.39, 0.29) is 0 Å². The molecule has 0 fully saturated rings. The molecule has 10 heteroatoms. The average molecular weight is 1100 g/mol. The van der Waals surface area contributed by atoms with Gasteiger partial charge in [0.25, 0.3) is 0 Å². The molecule has 0 aliphatic heterocycles. The summed E-state index contributed by atoms with van der Waals surface area (Å²) in [7, 11) is 7.17. The molecule has 15 aromatic rings. The molecule has 0 spiro atoms. The van der Waals surface area contributed by atoms with Crippen LogP contribution in [0.5, 0.6) is 0 Å². The summed E-state index contributed by atoms with van der Waals surface area (Å²) in [5.74, 6) is 0.688. The number of rotatable bonds is 9. The first-order chi connectivity index (χ1) is 41.5. The Morgan fingerprint density at radius 2 is 0.655 bits per heavy atom. The Hall–Kier alpha value is -10.5. The highest BCUT2D eigenvalue weighted by Crippen LogP contribution is 2.38. The highest BCUT2D eigenvalue weighted by molar-refractivity contribution is 7.19. The zero-order valence-electron chi connectivity index (χ0n) is 46.1. The Morgan fingerprint density at radius 1 is 0.321 bits per heavy atom. The van der Waals surface area contributed by atoms with Gasteiger partial charge < -0.3 is 9.13 Å². The van der Waals surface area contributed by atoms with E-state index in [9.17, 15) is 0 Å². The third-order valence-corrected chi connectivity index (χ3v) is 15.0. The molecule has 8 aromatic carbocycles. The van der Waals surface area contributed by atoms with E-state index in [4.69, 9.17) is 17.8 Å². The SMILES string of the molecule is Cc1nc(-c2cc(-c3cccnc3)cc(-c3cccnc3)c2)cc(-c2cc(-c3cccnc3)cc(-c3ccccn3)c2)n1.[B]CP.c1ccc2c(c1)c1ccccc1n2-c1ccc(-c2ccc(-n3c4ccccc4c4ccccc43)cc2)cc1. The van der Waals surface area contributed by atoms with Crippen LogP contribution in [-0.2, 0) is 0 Å². The average Bonchev–Trinajstić information content (AvgIpc) is 4.08. The number of para-hydroxylation sites is 4. The Kier molecular flexibility index (Phi) is 15.1. The minimum Gasteiger partial charge on any atom is -0.309 e. The summed E-state index contributed by atoms with van der Waals surface area (Å²) >= 11 is 0. The minimum atomic E-state index is 0.667. The van der Waals surface area contributed by atoms with Crippen molar-refractivity contribution in [1.82, 2.24) is 39.0 Å². The third-order valence-electron chi connectivity index (χ3n) is 15.0. The first kappa shape index (κ1) is 52.9. The van der Waals surface area contributed by atoms with Gasteiger partial charge >= 0.3 is 0 Å². The Morgan fingerprint density at radius 3 is 1.00 bits per heavy atom. The molecule has 0 saturated heterocycles. The molecule has 0 bridgehead atoms. The number of aryl methyl sites for hydroxylation is 1. The van der Waals surface area contributed by atoms with Gasteiger partial charge in [0.05, 0.1) is 47.0 Å². The van der Waals surface area contributed by atoms with E-state index >= 15 is 0 Å². The topological polar surface area (TPSA) is 87.2 Å². The third kappa shape index (κ3) is 10.8. The summed E-state index contributed by atoms with van der Waals surface area (Å²) in [5, 5.41) is 5.14. The van der Waals surface area contributed by atoms with Crippen LogP contribution in [0.3, 0.4) is 0 Å². The van der Waals surface area contributed by atoms with E-state index in [0.29, 0.717) is 11.9 Å². The van der Waals surface area contributed by atoms with Gasteiger partial charge in [0.15, 0.2) is 0 Å². The van der Waals surface area contributed by atoms with Gasteiger partial charge in [-0.05, 0) is 156 Å². The molecule has 0 saturated carbocycles. The smallest absolute Gasteiger partial charge is 0.126 e.